The first-order chi connectivity index (χ1) is 13.3. The molecule has 27 heavy (non-hydrogen) atoms. The molecule has 2 aliphatic rings. The number of hydrogen-bond acceptors (Lipinski definition) is 5. The lowest BCUT2D eigenvalue weighted by Gasteiger charge is -2.26. The van der Waals surface area contributed by atoms with Crippen LogP contribution in [0.4, 0.5) is 0 Å². The highest BCUT2D eigenvalue weighted by Gasteiger charge is 2.41. The molecule has 0 saturated heterocycles. The second kappa shape index (κ2) is 5.68. The predicted molar refractivity (Wildman–Crippen MR) is 111 cm³/mol. The van der Waals surface area contributed by atoms with Crippen LogP contribution in [0.3, 0.4) is 0 Å². The molecule has 0 fully saturated rings. The van der Waals surface area contributed by atoms with E-state index in [2.05, 4.69) is 73.6 Å². The molecular weight excluding hydrogens is 374 g/mol. The zero-order valence-corrected chi connectivity index (χ0v) is 16.1. The average Bonchev–Trinajstić information content (AvgIpc) is 3.41. The van der Waals surface area contributed by atoms with Gasteiger partial charge in [0.25, 0.3) is 0 Å². The van der Waals surface area contributed by atoms with Crippen molar-refractivity contribution in [2.75, 3.05) is 5.01 Å². The topological polar surface area (TPSA) is 49.7 Å². The molecule has 1 unspecified atom stereocenters. The maximum atomic E-state index is 4.48. The van der Waals surface area contributed by atoms with Gasteiger partial charge in [-0.15, -0.1) is 10.2 Å². The molecule has 1 N–H and O–H groups in total. The first-order valence-electron chi connectivity index (χ1n) is 8.72. The van der Waals surface area contributed by atoms with Crippen LogP contribution >= 0.6 is 23.5 Å². The zero-order valence-electron chi connectivity index (χ0n) is 14.5. The van der Waals surface area contributed by atoms with E-state index in [4.69, 9.17) is 0 Å². The van der Waals surface area contributed by atoms with E-state index in [1.54, 1.807) is 11.8 Å². The first-order valence-corrected chi connectivity index (χ1v) is 10.5. The Hall–Kier alpha value is -2.64. The number of fused-ring (bicyclic) bond motifs is 4. The SMILES string of the molecule is Cc1[nH]c2ccccc2c1C1SC=C2Sc3nnc(-c4ccccc4)n3N21. The standard InChI is InChI=1S/C20H15N5S2/c1-12-17(14-9-5-6-10-15(14)21-12)19-24-16(11-26-19)27-20-23-22-18(25(20)24)13-7-3-2-4-8-13/h2-11,19,21H,1H3. The summed E-state index contributed by atoms with van der Waals surface area (Å²) in [5, 5.41) is 17.0. The van der Waals surface area contributed by atoms with Gasteiger partial charge in [-0.2, -0.15) is 0 Å². The summed E-state index contributed by atoms with van der Waals surface area (Å²) in [4.78, 5) is 3.54. The van der Waals surface area contributed by atoms with Crippen molar-refractivity contribution in [1.29, 1.82) is 0 Å². The van der Waals surface area contributed by atoms with E-state index < -0.39 is 0 Å². The van der Waals surface area contributed by atoms with Crippen molar-refractivity contribution in [3.05, 3.63) is 76.3 Å². The summed E-state index contributed by atoms with van der Waals surface area (Å²) in [6, 6.07) is 18.8. The number of thioether (sulfide) groups is 2. The lowest BCUT2D eigenvalue weighted by Crippen LogP contribution is -2.30. The van der Waals surface area contributed by atoms with Gasteiger partial charge >= 0.3 is 0 Å². The maximum Gasteiger partial charge on any atom is 0.217 e. The molecule has 0 radical (unpaired) electrons. The number of benzene rings is 2. The normalized spacial score (nSPS) is 18.0. The van der Waals surface area contributed by atoms with Crippen molar-refractivity contribution < 1.29 is 0 Å². The third kappa shape index (κ3) is 2.15. The Bertz CT molecular complexity index is 1210. The monoisotopic (exact) mass is 389 g/mol. The fourth-order valence-corrected chi connectivity index (χ4v) is 6.17. The summed E-state index contributed by atoms with van der Waals surface area (Å²) >= 11 is 3.52. The molecule has 0 bridgehead atoms. The molecule has 1 atom stereocenters. The minimum absolute atomic E-state index is 0.156. The third-order valence-electron chi connectivity index (χ3n) is 4.99. The highest BCUT2D eigenvalue weighted by molar-refractivity contribution is 8.07. The van der Waals surface area contributed by atoms with E-state index in [1.807, 2.05) is 30.0 Å². The van der Waals surface area contributed by atoms with Gasteiger partial charge in [-0.1, -0.05) is 60.3 Å². The number of aromatic amines is 1. The Morgan fingerprint density at radius 1 is 1.00 bits per heavy atom. The average molecular weight is 390 g/mol. The van der Waals surface area contributed by atoms with E-state index in [1.165, 1.54) is 27.2 Å². The van der Waals surface area contributed by atoms with Crippen LogP contribution in [-0.2, 0) is 0 Å². The molecule has 0 saturated carbocycles. The van der Waals surface area contributed by atoms with Crippen LogP contribution in [0, 0.1) is 6.92 Å². The summed E-state index contributed by atoms with van der Waals surface area (Å²) in [6.07, 6.45) is 0. The van der Waals surface area contributed by atoms with Crippen LogP contribution in [0.1, 0.15) is 16.6 Å². The smallest absolute Gasteiger partial charge is 0.217 e. The van der Waals surface area contributed by atoms with Crippen LogP contribution in [0.25, 0.3) is 22.3 Å². The van der Waals surface area contributed by atoms with Crippen molar-refractivity contribution in [2.45, 2.75) is 17.5 Å². The Morgan fingerprint density at radius 3 is 2.70 bits per heavy atom. The minimum atomic E-state index is 0.156. The van der Waals surface area contributed by atoms with Gasteiger partial charge in [-0.05, 0) is 24.8 Å². The lowest BCUT2D eigenvalue weighted by molar-refractivity contribution is 0.640. The van der Waals surface area contributed by atoms with Gasteiger partial charge in [0.15, 0.2) is 5.82 Å². The Kier molecular flexibility index (Phi) is 3.24. The molecular formula is C20H15N5S2. The number of nitrogens with zero attached hydrogens (tertiary/aromatic N) is 4. The quantitative estimate of drug-likeness (QED) is 0.521. The number of nitrogens with one attached hydrogen (secondary N) is 1. The van der Waals surface area contributed by atoms with Gasteiger partial charge in [0.2, 0.25) is 5.16 Å². The zero-order chi connectivity index (χ0) is 18.0. The first kappa shape index (κ1) is 15.4. The second-order valence-corrected chi connectivity index (χ2v) is 8.53. The molecule has 4 aromatic rings. The van der Waals surface area contributed by atoms with Crippen LogP contribution in [0.5, 0.6) is 0 Å². The molecule has 2 aromatic heterocycles. The second-order valence-electron chi connectivity index (χ2n) is 6.58. The molecule has 6 rings (SSSR count). The molecule has 4 heterocycles. The summed E-state index contributed by atoms with van der Waals surface area (Å²) in [5.41, 5.74) is 4.78. The van der Waals surface area contributed by atoms with Gasteiger partial charge in [0, 0.05) is 33.1 Å². The largest absolute Gasteiger partial charge is 0.358 e. The van der Waals surface area contributed by atoms with Crippen LogP contribution in [-0.4, -0.2) is 19.9 Å². The van der Waals surface area contributed by atoms with Crippen LogP contribution in [0.2, 0.25) is 0 Å². The number of para-hydroxylation sites is 1. The third-order valence-corrected chi connectivity index (χ3v) is 7.14. The van der Waals surface area contributed by atoms with E-state index >= 15 is 0 Å². The minimum Gasteiger partial charge on any atom is -0.358 e. The number of aromatic nitrogens is 4. The predicted octanol–water partition coefficient (Wildman–Crippen LogP) is 5.02. The molecule has 0 spiro atoms. The number of aryl methyl sites for hydroxylation is 1. The van der Waals surface area contributed by atoms with Gasteiger partial charge in [0.05, 0.1) is 0 Å². The van der Waals surface area contributed by atoms with Gasteiger partial charge in [-0.3, -0.25) is 5.01 Å². The van der Waals surface area contributed by atoms with Gasteiger partial charge in [0.1, 0.15) is 10.4 Å². The van der Waals surface area contributed by atoms with E-state index in [0.717, 1.165) is 16.5 Å². The fourth-order valence-electron chi connectivity index (χ4n) is 3.82. The molecule has 0 aliphatic carbocycles. The highest BCUT2D eigenvalue weighted by atomic mass is 32.2. The molecule has 132 valence electrons. The van der Waals surface area contributed by atoms with E-state index in [9.17, 15) is 0 Å². The van der Waals surface area contributed by atoms with Crippen molar-refractivity contribution in [3.8, 4) is 11.4 Å². The van der Waals surface area contributed by atoms with E-state index in [-0.39, 0.29) is 5.37 Å². The Balaban J connectivity index is 1.52. The summed E-state index contributed by atoms with van der Waals surface area (Å²) in [7, 11) is 0. The summed E-state index contributed by atoms with van der Waals surface area (Å²) in [5.74, 6) is 0.881. The summed E-state index contributed by atoms with van der Waals surface area (Å²) < 4.78 is 2.16. The van der Waals surface area contributed by atoms with Crippen LogP contribution in [0.15, 0.2) is 70.2 Å². The molecule has 0 amide bonds. The Labute approximate surface area is 164 Å². The van der Waals surface area contributed by atoms with Gasteiger partial charge in [-0.25, -0.2) is 4.68 Å². The number of rotatable bonds is 2. The molecule has 2 aliphatic heterocycles. The van der Waals surface area contributed by atoms with Crippen molar-refractivity contribution >= 4 is 34.4 Å². The van der Waals surface area contributed by atoms with Crippen molar-refractivity contribution in [2.24, 2.45) is 0 Å². The van der Waals surface area contributed by atoms with Crippen molar-refractivity contribution in [1.82, 2.24) is 19.9 Å². The highest BCUT2D eigenvalue weighted by Crippen LogP contribution is 2.53. The Morgan fingerprint density at radius 2 is 1.81 bits per heavy atom. The number of H-pyrrole nitrogens is 1. The fraction of sp³-hybridized carbons (Fsp3) is 0.100. The summed E-state index contributed by atoms with van der Waals surface area (Å²) in [6.45, 7) is 2.16. The maximum absolute atomic E-state index is 4.48. The molecule has 2 aromatic carbocycles. The van der Waals surface area contributed by atoms with E-state index in [0.29, 0.717) is 0 Å². The molecule has 5 nitrogen and oxygen atoms in total. The number of hydrogen-bond donors (Lipinski definition) is 1. The van der Waals surface area contributed by atoms with Crippen LogP contribution < -0.4 is 5.01 Å². The van der Waals surface area contributed by atoms with Crippen molar-refractivity contribution in [3.63, 3.8) is 0 Å². The van der Waals surface area contributed by atoms with Gasteiger partial charge < -0.3 is 4.98 Å². The lowest BCUT2D eigenvalue weighted by atomic mass is 10.1. The molecule has 7 heteroatoms.